The zero-order chi connectivity index (χ0) is 20.2. The third kappa shape index (κ3) is 3.69. The normalized spacial score (nSPS) is 10.7. The van der Waals surface area contributed by atoms with Crippen LogP contribution in [0, 0.1) is 6.92 Å². The van der Waals surface area contributed by atoms with Gasteiger partial charge in [-0.3, -0.25) is 4.57 Å². The van der Waals surface area contributed by atoms with Crippen molar-refractivity contribution in [2.24, 2.45) is 0 Å². The number of aryl methyl sites for hydroxylation is 1. The van der Waals surface area contributed by atoms with Gasteiger partial charge in [-0.25, -0.2) is 9.78 Å². The molecule has 0 N–H and O–H groups in total. The summed E-state index contributed by atoms with van der Waals surface area (Å²) in [5, 5.41) is 0. The van der Waals surface area contributed by atoms with Crippen molar-refractivity contribution in [1.82, 2.24) is 9.55 Å². The van der Waals surface area contributed by atoms with Crippen molar-refractivity contribution in [3.05, 3.63) is 96.2 Å². The molecule has 0 fully saturated rings. The Balaban J connectivity index is 2.05. The van der Waals surface area contributed by atoms with Crippen molar-refractivity contribution in [3.63, 3.8) is 0 Å². The maximum absolute atomic E-state index is 13.1. The van der Waals surface area contributed by atoms with Crippen LogP contribution in [0.5, 0.6) is 0 Å². The molecule has 0 radical (unpaired) electrons. The minimum atomic E-state index is -0.387. The summed E-state index contributed by atoms with van der Waals surface area (Å²) in [5.74, 6) is 0.318. The van der Waals surface area contributed by atoms with Crippen LogP contribution in [0.15, 0.2) is 84.9 Å². The molecule has 0 aliphatic rings. The average Bonchev–Trinajstić information content (AvgIpc) is 3.16. The zero-order valence-electron chi connectivity index (χ0n) is 16.5. The number of benzene rings is 3. The van der Waals surface area contributed by atoms with E-state index in [-0.39, 0.29) is 5.97 Å². The number of carbonyl (C=O) groups excluding carboxylic acids is 1. The molecule has 0 saturated carbocycles. The number of carbonyl (C=O) groups is 1. The Hall–Kier alpha value is -3.66. The van der Waals surface area contributed by atoms with Crippen molar-refractivity contribution in [2.75, 3.05) is 6.61 Å². The minimum Gasteiger partial charge on any atom is -0.461 e. The van der Waals surface area contributed by atoms with E-state index in [1.165, 1.54) is 0 Å². The number of rotatable bonds is 5. The molecule has 144 valence electrons. The smallest absolute Gasteiger partial charge is 0.357 e. The molecule has 3 aromatic carbocycles. The molecule has 0 bridgehead atoms. The molecule has 4 rings (SSSR count). The molecule has 4 nitrogen and oxygen atoms in total. The summed E-state index contributed by atoms with van der Waals surface area (Å²) in [4.78, 5) is 18.0. The van der Waals surface area contributed by atoms with E-state index in [9.17, 15) is 4.79 Å². The van der Waals surface area contributed by atoms with Crippen LogP contribution in [0.4, 0.5) is 0 Å². The molecule has 1 aromatic heterocycles. The first-order valence-electron chi connectivity index (χ1n) is 9.66. The van der Waals surface area contributed by atoms with Gasteiger partial charge in [0, 0.05) is 16.8 Å². The van der Waals surface area contributed by atoms with Crippen molar-refractivity contribution < 1.29 is 9.53 Å². The number of esters is 1. The van der Waals surface area contributed by atoms with Gasteiger partial charge >= 0.3 is 5.97 Å². The molecule has 4 heteroatoms. The number of hydrogen-bond donors (Lipinski definition) is 0. The lowest BCUT2D eigenvalue weighted by Crippen LogP contribution is -2.13. The average molecular weight is 382 g/mol. The van der Waals surface area contributed by atoms with E-state index in [0.717, 1.165) is 22.4 Å². The van der Waals surface area contributed by atoms with Gasteiger partial charge in [0.2, 0.25) is 0 Å². The van der Waals surface area contributed by atoms with Crippen LogP contribution in [0.25, 0.3) is 28.3 Å². The Morgan fingerprint density at radius 1 is 0.862 bits per heavy atom. The van der Waals surface area contributed by atoms with Gasteiger partial charge in [-0.1, -0.05) is 78.4 Å². The van der Waals surface area contributed by atoms with Crippen molar-refractivity contribution in [2.45, 2.75) is 13.8 Å². The van der Waals surface area contributed by atoms with Gasteiger partial charge in [0.1, 0.15) is 11.5 Å². The van der Waals surface area contributed by atoms with Crippen molar-refractivity contribution >= 4 is 5.97 Å². The zero-order valence-corrected chi connectivity index (χ0v) is 16.5. The van der Waals surface area contributed by atoms with Gasteiger partial charge < -0.3 is 4.74 Å². The standard InChI is InChI=1S/C25H22N2O2/c1-3-29-25(28)23-22(19-10-6-4-7-11-19)26-24(20-12-8-5-9-13-20)27(23)21-16-14-18(2)15-17-21/h4-17H,3H2,1-2H3. The highest BCUT2D eigenvalue weighted by atomic mass is 16.5. The highest BCUT2D eigenvalue weighted by Crippen LogP contribution is 2.32. The minimum absolute atomic E-state index is 0.298. The summed E-state index contributed by atoms with van der Waals surface area (Å²) >= 11 is 0. The van der Waals surface area contributed by atoms with Gasteiger partial charge in [0.25, 0.3) is 0 Å². The molecule has 0 atom stereocenters. The lowest BCUT2D eigenvalue weighted by atomic mass is 10.1. The van der Waals surface area contributed by atoms with Crippen LogP contribution in [0.1, 0.15) is 23.0 Å². The van der Waals surface area contributed by atoms with Crippen molar-refractivity contribution in [3.8, 4) is 28.3 Å². The van der Waals surface area contributed by atoms with Crippen LogP contribution in [-0.4, -0.2) is 22.1 Å². The number of hydrogen-bond acceptors (Lipinski definition) is 3. The first-order valence-corrected chi connectivity index (χ1v) is 9.66. The highest BCUT2D eigenvalue weighted by molar-refractivity contribution is 5.97. The molecule has 0 aliphatic carbocycles. The third-order valence-corrected chi connectivity index (χ3v) is 4.72. The van der Waals surface area contributed by atoms with Gasteiger partial charge in [-0.15, -0.1) is 0 Å². The van der Waals surface area contributed by atoms with E-state index in [2.05, 4.69) is 0 Å². The first kappa shape index (κ1) is 18.7. The molecule has 4 aromatic rings. The Labute approximate surface area is 170 Å². The van der Waals surface area contributed by atoms with Gasteiger partial charge in [-0.05, 0) is 26.0 Å². The first-order chi connectivity index (χ1) is 14.2. The van der Waals surface area contributed by atoms with Crippen molar-refractivity contribution in [1.29, 1.82) is 0 Å². The fraction of sp³-hybridized carbons (Fsp3) is 0.120. The molecule has 0 saturated heterocycles. The van der Waals surface area contributed by atoms with Crippen LogP contribution in [0.3, 0.4) is 0 Å². The maximum Gasteiger partial charge on any atom is 0.357 e. The van der Waals surface area contributed by atoms with Crippen LogP contribution >= 0.6 is 0 Å². The Kier molecular flexibility index (Phi) is 5.25. The Morgan fingerprint density at radius 2 is 1.45 bits per heavy atom. The SMILES string of the molecule is CCOC(=O)c1c(-c2ccccc2)nc(-c2ccccc2)n1-c1ccc(C)cc1. The predicted octanol–water partition coefficient (Wildman–Crippen LogP) is 5.69. The van der Waals surface area contributed by atoms with Gasteiger partial charge in [-0.2, -0.15) is 0 Å². The maximum atomic E-state index is 13.1. The lowest BCUT2D eigenvalue weighted by Gasteiger charge is -2.13. The molecular formula is C25H22N2O2. The third-order valence-electron chi connectivity index (χ3n) is 4.72. The number of imidazole rings is 1. The van der Waals surface area contributed by atoms with E-state index in [0.29, 0.717) is 23.8 Å². The van der Waals surface area contributed by atoms with Crippen LogP contribution in [0.2, 0.25) is 0 Å². The fourth-order valence-corrected chi connectivity index (χ4v) is 3.33. The van der Waals surface area contributed by atoms with Gasteiger partial charge in [0.15, 0.2) is 5.69 Å². The summed E-state index contributed by atoms with van der Waals surface area (Å²) in [5.41, 5.74) is 4.87. The number of nitrogens with zero attached hydrogens (tertiary/aromatic N) is 2. The number of ether oxygens (including phenoxy) is 1. The second kappa shape index (κ2) is 8.15. The molecule has 0 unspecified atom stereocenters. The molecule has 0 aliphatic heterocycles. The van der Waals surface area contributed by atoms with E-state index >= 15 is 0 Å². The van der Waals surface area contributed by atoms with E-state index in [1.54, 1.807) is 0 Å². The second-order valence-electron chi connectivity index (χ2n) is 6.76. The molecule has 29 heavy (non-hydrogen) atoms. The fourth-order valence-electron chi connectivity index (χ4n) is 3.33. The van der Waals surface area contributed by atoms with E-state index < -0.39 is 0 Å². The Morgan fingerprint density at radius 3 is 2.03 bits per heavy atom. The summed E-state index contributed by atoms with van der Waals surface area (Å²) in [7, 11) is 0. The molecule has 0 spiro atoms. The topological polar surface area (TPSA) is 44.1 Å². The Bertz CT molecular complexity index is 1110. The largest absolute Gasteiger partial charge is 0.461 e. The molecule has 0 amide bonds. The summed E-state index contributed by atoms with van der Waals surface area (Å²) in [6.45, 7) is 4.15. The number of aromatic nitrogens is 2. The second-order valence-corrected chi connectivity index (χ2v) is 6.76. The van der Waals surface area contributed by atoms with Gasteiger partial charge in [0.05, 0.1) is 6.61 Å². The molecular weight excluding hydrogens is 360 g/mol. The highest BCUT2D eigenvalue weighted by Gasteiger charge is 2.26. The van der Waals surface area contributed by atoms with Crippen LogP contribution < -0.4 is 0 Å². The van der Waals surface area contributed by atoms with E-state index in [1.807, 2.05) is 103 Å². The predicted molar refractivity (Wildman–Crippen MR) is 115 cm³/mol. The van der Waals surface area contributed by atoms with Crippen LogP contribution in [-0.2, 0) is 4.74 Å². The quantitative estimate of drug-likeness (QED) is 0.416. The summed E-state index contributed by atoms with van der Waals surface area (Å²) in [6, 6.07) is 27.7. The summed E-state index contributed by atoms with van der Waals surface area (Å²) in [6.07, 6.45) is 0. The summed E-state index contributed by atoms with van der Waals surface area (Å²) < 4.78 is 7.32. The monoisotopic (exact) mass is 382 g/mol. The van der Waals surface area contributed by atoms with E-state index in [4.69, 9.17) is 9.72 Å². The molecule has 1 heterocycles. The lowest BCUT2D eigenvalue weighted by molar-refractivity contribution is 0.0518.